The van der Waals surface area contributed by atoms with Gasteiger partial charge in [-0.25, -0.2) is 9.50 Å². The average molecular weight is 422 g/mol. The van der Waals surface area contributed by atoms with E-state index in [0.29, 0.717) is 11.6 Å². The molecule has 0 radical (unpaired) electrons. The first-order chi connectivity index (χ1) is 15.6. The van der Waals surface area contributed by atoms with Crippen LogP contribution in [0, 0.1) is 0 Å². The Hall–Kier alpha value is -4.19. The van der Waals surface area contributed by atoms with Gasteiger partial charge in [0.1, 0.15) is 11.4 Å². The molecule has 0 fully saturated rings. The van der Waals surface area contributed by atoms with Crippen molar-refractivity contribution in [1.29, 1.82) is 0 Å². The Balaban J connectivity index is 1.73. The van der Waals surface area contributed by atoms with E-state index in [1.807, 2.05) is 97.5 Å². The van der Waals surface area contributed by atoms with Crippen molar-refractivity contribution in [3.63, 3.8) is 0 Å². The summed E-state index contributed by atoms with van der Waals surface area (Å²) in [6.07, 6.45) is 5.48. The fourth-order valence-corrected chi connectivity index (χ4v) is 3.76. The van der Waals surface area contributed by atoms with Gasteiger partial charge in [0, 0.05) is 59.5 Å². The molecule has 0 aliphatic rings. The fourth-order valence-electron chi connectivity index (χ4n) is 3.76. The number of rotatable bonds is 5. The zero-order chi connectivity index (χ0) is 22.1. The van der Waals surface area contributed by atoms with E-state index >= 15 is 0 Å². The zero-order valence-electron chi connectivity index (χ0n) is 17.8. The van der Waals surface area contributed by atoms with Gasteiger partial charge in [-0.2, -0.15) is 5.10 Å². The van der Waals surface area contributed by atoms with Gasteiger partial charge in [-0.05, 0) is 32.0 Å². The van der Waals surface area contributed by atoms with E-state index in [1.165, 1.54) is 0 Å². The highest BCUT2D eigenvalue weighted by Crippen LogP contribution is 2.36. The summed E-state index contributed by atoms with van der Waals surface area (Å²) in [6.45, 7) is 4.00. The van der Waals surface area contributed by atoms with Crippen molar-refractivity contribution in [2.75, 3.05) is 0 Å². The van der Waals surface area contributed by atoms with Gasteiger partial charge < -0.3 is 9.30 Å². The van der Waals surface area contributed by atoms with Crippen LogP contribution < -0.4 is 10.3 Å². The van der Waals surface area contributed by atoms with Crippen molar-refractivity contribution >= 4 is 5.52 Å². The van der Waals surface area contributed by atoms with Gasteiger partial charge in [0.05, 0.1) is 5.52 Å². The van der Waals surface area contributed by atoms with Crippen LogP contribution in [0.4, 0.5) is 0 Å². The SMILES string of the molecule is CC(C)n1cc(-c2c(-c3ccccc3)nn3ccc(Oc4ccccn4)cc23)ccc1=O. The Morgan fingerprint density at radius 3 is 2.47 bits per heavy atom. The second kappa shape index (κ2) is 8.15. The molecule has 0 atom stereocenters. The van der Waals surface area contributed by atoms with Crippen LogP contribution in [0.3, 0.4) is 0 Å². The second-order valence-electron chi connectivity index (χ2n) is 7.81. The monoisotopic (exact) mass is 422 g/mol. The molecule has 0 saturated carbocycles. The van der Waals surface area contributed by atoms with E-state index in [-0.39, 0.29) is 11.6 Å². The summed E-state index contributed by atoms with van der Waals surface area (Å²) < 4.78 is 9.54. The van der Waals surface area contributed by atoms with E-state index in [9.17, 15) is 4.79 Å². The topological polar surface area (TPSA) is 61.4 Å². The molecule has 0 saturated heterocycles. The summed E-state index contributed by atoms with van der Waals surface area (Å²) in [5, 5.41) is 4.86. The molecule has 4 heterocycles. The summed E-state index contributed by atoms with van der Waals surface area (Å²) in [7, 11) is 0. The van der Waals surface area contributed by atoms with Gasteiger partial charge >= 0.3 is 0 Å². The number of benzene rings is 1. The van der Waals surface area contributed by atoms with Gasteiger partial charge in [-0.1, -0.05) is 36.4 Å². The molecular weight excluding hydrogens is 400 g/mol. The Kier molecular flexibility index (Phi) is 5.03. The molecule has 158 valence electrons. The van der Waals surface area contributed by atoms with Crippen LogP contribution >= 0.6 is 0 Å². The first-order valence-corrected chi connectivity index (χ1v) is 10.5. The molecule has 4 aromatic heterocycles. The van der Waals surface area contributed by atoms with E-state index < -0.39 is 0 Å². The molecule has 0 aliphatic carbocycles. The van der Waals surface area contributed by atoms with Crippen LogP contribution in [0.5, 0.6) is 11.6 Å². The lowest BCUT2D eigenvalue weighted by Crippen LogP contribution is -2.20. The molecule has 0 aliphatic heterocycles. The van der Waals surface area contributed by atoms with Crippen LogP contribution in [0.1, 0.15) is 19.9 Å². The van der Waals surface area contributed by atoms with E-state index in [4.69, 9.17) is 9.84 Å². The first-order valence-electron chi connectivity index (χ1n) is 10.5. The summed E-state index contributed by atoms with van der Waals surface area (Å²) >= 11 is 0. The average Bonchev–Trinajstić information content (AvgIpc) is 3.19. The summed E-state index contributed by atoms with van der Waals surface area (Å²) in [5.74, 6) is 1.18. The Morgan fingerprint density at radius 1 is 0.906 bits per heavy atom. The molecule has 5 aromatic rings. The standard InChI is InChI=1S/C26H22N4O2/c1-18(2)29-17-20(11-12-24(29)31)25-22-16-21(32-23-10-6-7-14-27-23)13-15-30(22)28-26(25)19-8-4-3-5-9-19/h3-18H,1-2H3. The fraction of sp³-hybridized carbons (Fsp3) is 0.115. The molecular formula is C26H22N4O2. The lowest BCUT2D eigenvalue weighted by Gasteiger charge is -2.12. The Morgan fingerprint density at radius 2 is 1.72 bits per heavy atom. The largest absolute Gasteiger partial charge is 0.439 e. The predicted octanol–water partition coefficient (Wildman–Crippen LogP) is 5.60. The number of hydrogen-bond donors (Lipinski definition) is 0. The third-order valence-electron chi connectivity index (χ3n) is 5.30. The quantitative estimate of drug-likeness (QED) is 0.370. The lowest BCUT2D eigenvalue weighted by molar-refractivity contribution is 0.462. The number of nitrogens with zero attached hydrogens (tertiary/aromatic N) is 4. The van der Waals surface area contributed by atoms with E-state index in [0.717, 1.165) is 27.9 Å². The maximum Gasteiger partial charge on any atom is 0.250 e. The molecule has 0 spiro atoms. The van der Waals surface area contributed by atoms with Crippen molar-refractivity contribution in [2.24, 2.45) is 0 Å². The third kappa shape index (κ3) is 3.67. The van der Waals surface area contributed by atoms with Crippen LogP contribution in [-0.2, 0) is 0 Å². The van der Waals surface area contributed by atoms with Gasteiger partial charge in [0.15, 0.2) is 0 Å². The van der Waals surface area contributed by atoms with Gasteiger partial charge in [0.2, 0.25) is 5.88 Å². The van der Waals surface area contributed by atoms with Crippen LogP contribution in [0.15, 0.2) is 96.2 Å². The maximum absolute atomic E-state index is 12.4. The molecule has 1 aromatic carbocycles. The second-order valence-corrected chi connectivity index (χ2v) is 7.81. The lowest BCUT2D eigenvalue weighted by atomic mass is 10.0. The van der Waals surface area contributed by atoms with E-state index in [2.05, 4.69) is 4.98 Å². The highest BCUT2D eigenvalue weighted by molar-refractivity contribution is 5.92. The molecule has 0 bridgehead atoms. The maximum atomic E-state index is 12.4. The number of fused-ring (bicyclic) bond motifs is 1. The molecule has 0 unspecified atom stereocenters. The number of hydrogen-bond acceptors (Lipinski definition) is 4. The van der Waals surface area contributed by atoms with Crippen LogP contribution in [-0.4, -0.2) is 19.2 Å². The van der Waals surface area contributed by atoms with Gasteiger partial charge in [0.25, 0.3) is 5.56 Å². The number of pyridine rings is 3. The van der Waals surface area contributed by atoms with Crippen molar-refractivity contribution in [1.82, 2.24) is 19.2 Å². The minimum atomic E-state index is -0.0272. The Labute approximate surface area is 185 Å². The van der Waals surface area contributed by atoms with Gasteiger partial charge in [-0.3, -0.25) is 4.79 Å². The summed E-state index contributed by atoms with van der Waals surface area (Å²) in [5.41, 5.74) is 4.56. The minimum absolute atomic E-state index is 0.0272. The van der Waals surface area contributed by atoms with Crippen LogP contribution in [0.2, 0.25) is 0 Å². The smallest absolute Gasteiger partial charge is 0.250 e. The van der Waals surface area contributed by atoms with Crippen LogP contribution in [0.25, 0.3) is 27.9 Å². The third-order valence-corrected chi connectivity index (χ3v) is 5.30. The zero-order valence-corrected chi connectivity index (χ0v) is 17.8. The number of aromatic nitrogens is 4. The highest BCUT2D eigenvalue weighted by Gasteiger charge is 2.18. The summed E-state index contributed by atoms with van der Waals surface area (Å²) in [6, 6.07) is 22.9. The normalized spacial score (nSPS) is 11.2. The molecule has 0 amide bonds. The molecule has 6 nitrogen and oxygen atoms in total. The molecule has 0 N–H and O–H groups in total. The molecule has 5 rings (SSSR count). The van der Waals surface area contributed by atoms with Crippen molar-refractivity contribution < 1.29 is 4.74 Å². The predicted molar refractivity (Wildman–Crippen MR) is 125 cm³/mol. The molecule has 6 heteroatoms. The van der Waals surface area contributed by atoms with Crippen molar-refractivity contribution in [2.45, 2.75) is 19.9 Å². The van der Waals surface area contributed by atoms with Gasteiger partial charge in [-0.15, -0.1) is 0 Å². The first kappa shape index (κ1) is 19.8. The van der Waals surface area contributed by atoms with Crippen molar-refractivity contribution in [3.05, 3.63) is 102 Å². The minimum Gasteiger partial charge on any atom is -0.439 e. The summed E-state index contributed by atoms with van der Waals surface area (Å²) in [4.78, 5) is 16.6. The van der Waals surface area contributed by atoms with Crippen molar-refractivity contribution in [3.8, 4) is 34.0 Å². The Bertz CT molecular complexity index is 1440. The highest BCUT2D eigenvalue weighted by atomic mass is 16.5. The number of ether oxygens (including phenoxy) is 1. The van der Waals surface area contributed by atoms with E-state index in [1.54, 1.807) is 16.8 Å². The molecule has 32 heavy (non-hydrogen) atoms.